The van der Waals surface area contributed by atoms with Crippen molar-refractivity contribution in [3.63, 3.8) is 0 Å². The first kappa shape index (κ1) is 13.6. The van der Waals surface area contributed by atoms with Crippen molar-refractivity contribution in [3.05, 3.63) is 52.8 Å². The van der Waals surface area contributed by atoms with Gasteiger partial charge in [-0.05, 0) is 42.5 Å². The fraction of sp³-hybridized carbons (Fsp3) is 0.200. The Morgan fingerprint density at radius 3 is 2.68 bits per heavy atom. The molecule has 0 saturated carbocycles. The van der Waals surface area contributed by atoms with Crippen LogP contribution in [0.15, 0.2) is 36.6 Å². The van der Waals surface area contributed by atoms with Crippen molar-refractivity contribution in [2.24, 2.45) is 11.5 Å². The lowest BCUT2D eigenvalue weighted by atomic mass is 10.1. The van der Waals surface area contributed by atoms with Crippen LogP contribution in [0.3, 0.4) is 0 Å². The van der Waals surface area contributed by atoms with Crippen molar-refractivity contribution in [3.8, 4) is 0 Å². The number of aromatic amines is 1. The molecule has 1 aromatic carbocycles. The van der Waals surface area contributed by atoms with Crippen molar-refractivity contribution >= 4 is 28.2 Å². The summed E-state index contributed by atoms with van der Waals surface area (Å²) >= 11 is 6.28. The van der Waals surface area contributed by atoms with E-state index in [4.69, 9.17) is 23.1 Å². The Hall–Kier alpha value is -1.87. The summed E-state index contributed by atoms with van der Waals surface area (Å²) in [5.74, 6) is 0.447. The molecule has 1 heterocycles. The van der Waals surface area contributed by atoms with Gasteiger partial charge in [-0.1, -0.05) is 25.4 Å². The number of aromatic nitrogens is 1. The zero-order valence-corrected chi connectivity index (χ0v) is 11.8. The molecule has 19 heavy (non-hydrogen) atoms. The van der Waals surface area contributed by atoms with Crippen LogP contribution < -0.4 is 11.5 Å². The van der Waals surface area contributed by atoms with Gasteiger partial charge in [-0.25, -0.2) is 0 Å². The largest absolute Gasteiger partial charge is 0.405 e. The Bertz CT molecular complexity index is 651. The lowest BCUT2D eigenvalue weighted by Gasteiger charge is -2.04. The first-order valence-electron chi connectivity index (χ1n) is 6.19. The van der Waals surface area contributed by atoms with E-state index in [-0.39, 0.29) is 0 Å². The van der Waals surface area contributed by atoms with Crippen LogP contribution in [0.2, 0.25) is 5.02 Å². The molecule has 2 rings (SSSR count). The van der Waals surface area contributed by atoms with Gasteiger partial charge in [0.2, 0.25) is 0 Å². The number of hydrogen-bond acceptors (Lipinski definition) is 2. The maximum Gasteiger partial charge on any atom is 0.0506 e. The summed E-state index contributed by atoms with van der Waals surface area (Å²) in [6.07, 6.45) is 4.86. The van der Waals surface area contributed by atoms with Crippen molar-refractivity contribution in [2.45, 2.75) is 19.8 Å². The summed E-state index contributed by atoms with van der Waals surface area (Å²) in [5.41, 5.74) is 14.9. The average molecular weight is 276 g/mol. The molecule has 3 nitrogen and oxygen atoms in total. The highest BCUT2D eigenvalue weighted by atomic mass is 35.5. The van der Waals surface area contributed by atoms with Crippen LogP contribution in [0.5, 0.6) is 0 Å². The zero-order chi connectivity index (χ0) is 14.0. The van der Waals surface area contributed by atoms with Gasteiger partial charge in [0.25, 0.3) is 0 Å². The first-order valence-corrected chi connectivity index (χ1v) is 6.57. The van der Waals surface area contributed by atoms with E-state index in [1.807, 2.05) is 12.1 Å². The second-order valence-corrected chi connectivity index (χ2v) is 5.21. The summed E-state index contributed by atoms with van der Waals surface area (Å²) < 4.78 is 0. The first-order chi connectivity index (χ1) is 9.02. The highest BCUT2D eigenvalue weighted by molar-refractivity contribution is 6.33. The smallest absolute Gasteiger partial charge is 0.0506 e. The number of halogens is 1. The minimum absolute atomic E-state index is 0.447. The van der Waals surface area contributed by atoms with Gasteiger partial charge in [0, 0.05) is 27.9 Å². The highest BCUT2D eigenvalue weighted by Gasteiger charge is 2.09. The van der Waals surface area contributed by atoms with E-state index < -0.39 is 0 Å². The lowest BCUT2D eigenvalue weighted by Crippen LogP contribution is -1.97. The van der Waals surface area contributed by atoms with E-state index in [9.17, 15) is 0 Å². The molecule has 0 aliphatic heterocycles. The number of allylic oxidation sites excluding steroid dienone is 2. The van der Waals surface area contributed by atoms with Gasteiger partial charge in [0.05, 0.1) is 5.02 Å². The van der Waals surface area contributed by atoms with Gasteiger partial charge in [-0.2, -0.15) is 0 Å². The highest BCUT2D eigenvalue weighted by Crippen LogP contribution is 2.29. The molecule has 5 N–H and O–H groups in total. The summed E-state index contributed by atoms with van der Waals surface area (Å²) in [6.45, 7) is 4.29. The van der Waals surface area contributed by atoms with Crippen LogP contribution in [0.4, 0.5) is 0 Å². The predicted molar refractivity (Wildman–Crippen MR) is 82.9 cm³/mol. The van der Waals surface area contributed by atoms with Crippen molar-refractivity contribution < 1.29 is 0 Å². The second kappa shape index (κ2) is 5.41. The van der Waals surface area contributed by atoms with Gasteiger partial charge >= 0.3 is 0 Å². The molecule has 0 spiro atoms. The number of H-pyrrole nitrogens is 1. The van der Waals surface area contributed by atoms with E-state index in [0.717, 1.165) is 16.5 Å². The average Bonchev–Trinajstić information content (AvgIpc) is 2.77. The summed E-state index contributed by atoms with van der Waals surface area (Å²) in [5, 5.41) is 1.74. The minimum atomic E-state index is 0.447. The van der Waals surface area contributed by atoms with Gasteiger partial charge in [0.15, 0.2) is 0 Å². The standard InChI is InChI=1S/C15H18ClN3/c1-9(2)14-7-10-6-12(16)11(8-15(10)19-14)13(18)4-3-5-17/h3-9,19H,17-18H2,1-2H3/b5-3-,13-4-. The Morgan fingerprint density at radius 2 is 2.05 bits per heavy atom. The van der Waals surface area contributed by atoms with Crippen LogP contribution in [0, 0.1) is 0 Å². The van der Waals surface area contributed by atoms with E-state index in [0.29, 0.717) is 16.6 Å². The van der Waals surface area contributed by atoms with Gasteiger partial charge in [-0.3, -0.25) is 0 Å². The number of hydrogen-bond donors (Lipinski definition) is 3. The Labute approximate surface area is 117 Å². The SMILES string of the molecule is CC(C)c1cc2cc(Cl)c(/C(N)=C/C=C\N)cc2[nH]1. The van der Waals surface area contributed by atoms with Crippen molar-refractivity contribution in [2.75, 3.05) is 0 Å². The quantitative estimate of drug-likeness (QED) is 0.748. The summed E-state index contributed by atoms with van der Waals surface area (Å²) in [4.78, 5) is 3.39. The molecule has 100 valence electrons. The third-order valence-electron chi connectivity index (χ3n) is 3.05. The van der Waals surface area contributed by atoms with Gasteiger partial charge in [0.1, 0.15) is 0 Å². The predicted octanol–water partition coefficient (Wildman–Crippen LogP) is 3.72. The third-order valence-corrected chi connectivity index (χ3v) is 3.36. The molecule has 0 atom stereocenters. The normalized spacial score (nSPS) is 12.9. The van der Waals surface area contributed by atoms with Crippen molar-refractivity contribution in [1.82, 2.24) is 4.98 Å². The molecule has 0 bridgehead atoms. The number of rotatable bonds is 3. The molecule has 0 radical (unpaired) electrons. The van der Waals surface area contributed by atoms with Crippen molar-refractivity contribution in [1.29, 1.82) is 0 Å². The molecular formula is C15H18ClN3. The third kappa shape index (κ3) is 2.76. The number of fused-ring (bicyclic) bond motifs is 1. The monoisotopic (exact) mass is 275 g/mol. The maximum absolute atomic E-state index is 6.28. The lowest BCUT2D eigenvalue weighted by molar-refractivity contribution is 0.836. The molecular weight excluding hydrogens is 258 g/mol. The van der Waals surface area contributed by atoms with Crippen LogP contribution in [-0.4, -0.2) is 4.98 Å². The second-order valence-electron chi connectivity index (χ2n) is 4.81. The molecule has 2 aromatic rings. The van der Waals surface area contributed by atoms with Crippen LogP contribution >= 0.6 is 11.6 Å². The van der Waals surface area contributed by atoms with Gasteiger partial charge in [-0.15, -0.1) is 0 Å². The molecule has 0 unspecified atom stereocenters. The molecule has 1 aromatic heterocycles. The fourth-order valence-electron chi connectivity index (χ4n) is 1.96. The number of benzene rings is 1. The Balaban J connectivity index is 2.54. The number of nitrogens with two attached hydrogens (primary N) is 2. The molecule has 4 heteroatoms. The topological polar surface area (TPSA) is 67.8 Å². The molecule has 0 fully saturated rings. The molecule has 0 aliphatic rings. The maximum atomic E-state index is 6.28. The molecule has 0 aliphatic carbocycles. The zero-order valence-electron chi connectivity index (χ0n) is 11.1. The van der Waals surface area contributed by atoms with Crippen LogP contribution in [0.1, 0.15) is 31.0 Å². The van der Waals surface area contributed by atoms with Gasteiger partial charge < -0.3 is 16.5 Å². The fourth-order valence-corrected chi connectivity index (χ4v) is 2.24. The van der Waals surface area contributed by atoms with Crippen LogP contribution in [-0.2, 0) is 0 Å². The van der Waals surface area contributed by atoms with Crippen LogP contribution in [0.25, 0.3) is 16.6 Å². The van der Waals surface area contributed by atoms with E-state index in [2.05, 4.69) is 24.9 Å². The Kier molecular flexibility index (Phi) is 3.86. The van der Waals surface area contributed by atoms with E-state index in [1.165, 1.54) is 11.9 Å². The summed E-state index contributed by atoms with van der Waals surface area (Å²) in [7, 11) is 0. The van der Waals surface area contributed by atoms with E-state index in [1.54, 1.807) is 12.2 Å². The van der Waals surface area contributed by atoms with E-state index >= 15 is 0 Å². The minimum Gasteiger partial charge on any atom is -0.405 e. The summed E-state index contributed by atoms with van der Waals surface area (Å²) in [6, 6.07) is 6.02. The Morgan fingerprint density at radius 1 is 1.32 bits per heavy atom. The molecule has 0 amide bonds. The number of nitrogens with one attached hydrogen (secondary N) is 1. The molecule has 0 saturated heterocycles.